The van der Waals surface area contributed by atoms with E-state index in [2.05, 4.69) is 11.9 Å². The Kier molecular flexibility index (Phi) is 5.02. The van der Waals surface area contributed by atoms with E-state index < -0.39 is 6.04 Å². The molecule has 0 aromatic rings. The van der Waals surface area contributed by atoms with Gasteiger partial charge in [0.15, 0.2) is 0 Å². The molecule has 1 aliphatic carbocycles. The summed E-state index contributed by atoms with van der Waals surface area (Å²) in [6, 6.07) is -0.557. The zero-order valence-electron chi connectivity index (χ0n) is 9.70. The van der Waals surface area contributed by atoms with Gasteiger partial charge >= 0.3 is 5.97 Å². The highest BCUT2D eigenvalue weighted by Crippen LogP contribution is 2.26. The third-order valence-electron chi connectivity index (χ3n) is 2.75. The van der Waals surface area contributed by atoms with Crippen molar-refractivity contribution in [3.63, 3.8) is 0 Å². The van der Waals surface area contributed by atoms with E-state index in [1.165, 1.54) is 0 Å². The summed E-state index contributed by atoms with van der Waals surface area (Å²) in [6.45, 7) is 5.50. The minimum Gasteiger partial charge on any atom is -0.464 e. The van der Waals surface area contributed by atoms with E-state index in [1.807, 2.05) is 0 Å². The Balaban J connectivity index is 2.21. The number of rotatable bonds is 6. The van der Waals surface area contributed by atoms with E-state index in [4.69, 9.17) is 4.74 Å². The molecule has 0 saturated heterocycles. The zero-order chi connectivity index (χ0) is 12.0. The molecule has 1 amide bonds. The van der Waals surface area contributed by atoms with Crippen molar-refractivity contribution in [2.45, 2.75) is 38.6 Å². The van der Waals surface area contributed by atoms with E-state index in [-0.39, 0.29) is 17.8 Å². The largest absolute Gasteiger partial charge is 0.464 e. The maximum Gasteiger partial charge on any atom is 0.328 e. The maximum absolute atomic E-state index is 11.5. The van der Waals surface area contributed by atoms with Gasteiger partial charge in [0.25, 0.3) is 0 Å². The third-order valence-corrected chi connectivity index (χ3v) is 2.75. The van der Waals surface area contributed by atoms with Crippen LogP contribution in [0.3, 0.4) is 0 Å². The van der Waals surface area contributed by atoms with Gasteiger partial charge in [-0.3, -0.25) is 4.79 Å². The highest BCUT2D eigenvalue weighted by Gasteiger charge is 2.27. The Morgan fingerprint density at radius 3 is 2.75 bits per heavy atom. The molecule has 1 fully saturated rings. The van der Waals surface area contributed by atoms with Crippen molar-refractivity contribution < 1.29 is 14.3 Å². The number of nitrogens with one attached hydrogen (secondary N) is 1. The summed E-state index contributed by atoms with van der Waals surface area (Å²) in [5.74, 6) is -0.308. The average Bonchev–Trinajstić information content (AvgIpc) is 2.14. The van der Waals surface area contributed by atoms with Gasteiger partial charge in [0.2, 0.25) is 5.91 Å². The van der Waals surface area contributed by atoms with E-state index in [0.717, 1.165) is 19.3 Å². The zero-order valence-corrected chi connectivity index (χ0v) is 9.70. The van der Waals surface area contributed by atoms with Gasteiger partial charge in [0.05, 0.1) is 6.61 Å². The fraction of sp³-hybridized carbons (Fsp3) is 0.667. The van der Waals surface area contributed by atoms with Crippen LogP contribution in [0.25, 0.3) is 0 Å². The molecule has 16 heavy (non-hydrogen) atoms. The second-order valence-corrected chi connectivity index (χ2v) is 4.10. The molecule has 1 saturated carbocycles. The number of hydrogen-bond donors (Lipinski definition) is 1. The molecule has 1 aliphatic rings. The van der Waals surface area contributed by atoms with Crippen LogP contribution in [0.2, 0.25) is 0 Å². The first-order chi connectivity index (χ1) is 7.65. The van der Waals surface area contributed by atoms with Crippen molar-refractivity contribution >= 4 is 11.9 Å². The van der Waals surface area contributed by atoms with E-state index in [1.54, 1.807) is 13.0 Å². The Hall–Kier alpha value is -1.32. The maximum atomic E-state index is 11.5. The van der Waals surface area contributed by atoms with Gasteiger partial charge in [-0.05, 0) is 26.2 Å². The van der Waals surface area contributed by atoms with Gasteiger partial charge in [0, 0.05) is 5.92 Å². The first-order valence-electron chi connectivity index (χ1n) is 5.73. The topological polar surface area (TPSA) is 55.4 Å². The molecule has 0 aromatic heterocycles. The highest BCUT2D eigenvalue weighted by atomic mass is 16.5. The first kappa shape index (κ1) is 12.7. The van der Waals surface area contributed by atoms with Crippen molar-refractivity contribution in [1.29, 1.82) is 0 Å². The molecule has 0 heterocycles. The van der Waals surface area contributed by atoms with Gasteiger partial charge in [-0.15, -0.1) is 6.58 Å². The third kappa shape index (κ3) is 3.68. The van der Waals surface area contributed by atoms with Crippen LogP contribution in [0, 0.1) is 5.92 Å². The number of carbonyl (C=O) groups excluding carboxylic acids is 2. The predicted molar refractivity (Wildman–Crippen MR) is 60.7 cm³/mol. The smallest absolute Gasteiger partial charge is 0.328 e. The molecule has 4 heteroatoms. The number of hydrogen-bond acceptors (Lipinski definition) is 3. The van der Waals surface area contributed by atoms with Gasteiger partial charge in [-0.1, -0.05) is 12.5 Å². The lowest BCUT2D eigenvalue weighted by Crippen LogP contribution is -2.44. The van der Waals surface area contributed by atoms with Gasteiger partial charge in [-0.25, -0.2) is 4.79 Å². The van der Waals surface area contributed by atoms with Crippen LogP contribution in [0.15, 0.2) is 12.7 Å². The fourth-order valence-corrected chi connectivity index (χ4v) is 1.43. The van der Waals surface area contributed by atoms with Gasteiger partial charge in [0.1, 0.15) is 6.04 Å². The summed E-state index contributed by atoms with van der Waals surface area (Å²) >= 11 is 0. The number of amides is 1. The molecule has 0 aromatic carbocycles. The molecule has 1 atom stereocenters. The van der Waals surface area contributed by atoms with Crippen LogP contribution >= 0.6 is 0 Å². The number of esters is 1. The first-order valence-corrected chi connectivity index (χ1v) is 5.73. The molecule has 0 spiro atoms. The lowest BCUT2D eigenvalue weighted by molar-refractivity contribution is -0.148. The van der Waals surface area contributed by atoms with Crippen LogP contribution in [0.1, 0.15) is 32.6 Å². The summed E-state index contributed by atoms with van der Waals surface area (Å²) in [7, 11) is 0. The van der Waals surface area contributed by atoms with E-state index in [9.17, 15) is 9.59 Å². The molecule has 1 rings (SSSR count). The van der Waals surface area contributed by atoms with Crippen molar-refractivity contribution in [3.05, 3.63) is 12.7 Å². The molecule has 0 radical (unpaired) electrons. The summed E-state index contributed by atoms with van der Waals surface area (Å²) in [4.78, 5) is 22.9. The van der Waals surface area contributed by atoms with Crippen molar-refractivity contribution in [1.82, 2.24) is 5.32 Å². The van der Waals surface area contributed by atoms with Crippen LogP contribution in [0.5, 0.6) is 0 Å². The molecule has 0 aliphatic heterocycles. The monoisotopic (exact) mass is 225 g/mol. The summed E-state index contributed by atoms with van der Waals surface area (Å²) in [6.07, 6.45) is 5.30. The minimum absolute atomic E-state index is 0.0283. The van der Waals surface area contributed by atoms with Gasteiger partial charge < -0.3 is 10.1 Å². The lowest BCUT2D eigenvalue weighted by Gasteiger charge is -2.25. The Bertz CT molecular complexity index is 271. The second-order valence-electron chi connectivity index (χ2n) is 4.10. The SMILES string of the molecule is C=CCCOC(=O)C(C)NC(=O)C1CCC1. The molecular weight excluding hydrogens is 206 g/mol. The summed E-state index contributed by atoms with van der Waals surface area (Å²) < 4.78 is 4.95. The molecule has 90 valence electrons. The number of ether oxygens (including phenoxy) is 1. The normalized spacial score (nSPS) is 17.1. The highest BCUT2D eigenvalue weighted by molar-refractivity contribution is 5.85. The predicted octanol–water partition coefficient (Wildman–Crippen LogP) is 1.41. The molecule has 0 bridgehead atoms. The van der Waals surface area contributed by atoms with Crippen LogP contribution in [0.4, 0.5) is 0 Å². The Morgan fingerprint density at radius 2 is 2.25 bits per heavy atom. The fourth-order valence-electron chi connectivity index (χ4n) is 1.43. The molecular formula is C12H19NO3. The lowest BCUT2D eigenvalue weighted by atomic mass is 9.84. The van der Waals surface area contributed by atoms with Crippen molar-refractivity contribution in [3.8, 4) is 0 Å². The molecule has 1 unspecified atom stereocenters. The Labute approximate surface area is 96.0 Å². The van der Waals surface area contributed by atoms with E-state index in [0.29, 0.717) is 13.0 Å². The number of carbonyl (C=O) groups is 2. The average molecular weight is 225 g/mol. The van der Waals surface area contributed by atoms with Crippen LogP contribution < -0.4 is 5.32 Å². The minimum atomic E-state index is -0.557. The van der Waals surface area contributed by atoms with Crippen LogP contribution in [-0.4, -0.2) is 24.5 Å². The Morgan fingerprint density at radius 1 is 1.56 bits per heavy atom. The molecule has 4 nitrogen and oxygen atoms in total. The van der Waals surface area contributed by atoms with Crippen molar-refractivity contribution in [2.24, 2.45) is 5.92 Å². The van der Waals surface area contributed by atoms with E-state index >= 15 is 0 Å². The summed E-state index contributed by atoms with van der Waals surface area (Å²) in [5, 5.41) is 2.67. The second kappa shape index (κ2) is 6.30. The standard InChI is InChI=1S/C12H19NO3/c1-3-4-8-16-12(15)9(2)13-11(14)10-6-5-7-10/h3,9-10H,1,4-8H2,2H3,(H,13,14). The molecule has 1 N–H and O–H groups in total. The van der Waals surface area contributed by atoms with Crippen molar-refractivity contribution in [2.75, 3.05) is 6.61 Å². The quantitative estimate of drug-likeness (QED) is 0.422. The summed E-state index contributed by atoms with van der Waals surface area (Å²) in [5.41, 5.74) is 0. The van der Waals surface area contributed by atoms with Gasteiger partial charge in [-0.2, -0.15) is 0 Å². The van der Waals surface area contributed by atoms with Crippen LogP contribution in [-0.2, 0) is 14.3 Å².